The number of aromatic nitrogens is 1. The van der Waals surface area contributed by atoms with Gasteiger partial charge in [-0.15, -0.1) is 0 Å². The van der Waals surface area contributed by atoms with Crippen molar-refractivity contribution in [3.8, 4) is 72.4 Å². The first-order chi connectivity index (χ1) is 38.2. The van der Waals surface area contributed by atoms with E-state index in [1.54, 1.807) is 0 Å². The fraction of sp³-hybridized carbons (Fsp3) is 0.0263. The number of benzene rings is 13. The van der Waals surface area contributed by atoms with Gasteiger partial charge in [-0.25, -0.2) is 0 Å². The number of fused-ring (bicyclic) bond motifs is 25. The van der Waals surface area contributed by atoms with E-state index in [0.717, 1.165) is 5.69 Å². The maximum absolute atomic E-state index is 2.58. The van der Waals surface area contributed by atoms with E-state index in [0.29, 0.717) is 0 Å². The minimum Gasteiger partial charge on any atom is -0.309 e. The number of hydrogen-bond acceptors (Lipinski definition) is 0. The zero-order chi connectivity index (χ0) is 50.1. The zero-order valence-corrected chi connectivity index (χ0v) is 41.9. The summed E-state index contributed by atoms with van der Waals surface area (Å²) in [5, 5.41) is 7.45. The van der Waals surface area contributed by atoms with E-state index in [4.69, 9.17) is 0 Å². The van der Waals surface area contributed by atoms with Crippen molar-refractivity contribution in [3.63, 3.8) is 0 Å². The number of para-hydroxylation sites is 2. The van der Waals surface area contributed by atoms with Crippen LogP contribution in [0.1, 0.15) is 44.5 Å². The van der Waals surface area contributed by atoms with Crippen LogP contribution < -0.4 is 0 Å². The van der Waals surface area contributed by atoms with Crippen LogP contribution in [0.5, 0.6) is 0 Å². The molecule has 0 unspecified atom stereocenters. The summed E-state index contributed by atoms with van der Waals surface area (Å²) in [4.78, 5) is 0. The standard InChI is InChI=1S/C76H45N/c1-2-28-60-59(27-1)73(46-37-40-55-53-23-7-15-33-67(53)75(69(55)43-46)63-29-11-3-19-49(63)50-20-4-12-30-64(50)75)61-42-39-48(77-71-35-17-9-25-57(71)58-26-10-18-36-72(58)77)45-62(61)74(60)47-38-41-56-54-24-8-16-34-68(54)76(70(56)44-47)65-31-13-5-21-51(65)52-22-6-14-32-66(52)76/h1-45H. The molecule has 0 atom stereocenters. The van der Waals surface area contributed by atoms with Crippen molar-refractivity contribution >= 4 is 43.4 Å². The van der Waals surface area contributed by atoms with Crippen LogP contribution in [0, 0.1) is 0 Å². The molecule has 354 valence electrons. The minimum absolute atomic E-state index is 0.459. The molecule has 14 aromatic rings. The van der Waals surface area contributed by atoms with Gasteiger partial charge in [0.15, 0.2) is 0 Å². The molecule has 0 radical (unpaired) electrons. The Morgan fingerprint density at radius 1 is 0.208 bits per heavy atom. The lowest BCUT2D eigenvalue weighted by atomic mass is 9.70. The molecule has 0 bridgehead atoms. The van der Waals surface area contributed by atoms with Crippen LogP contribution in [0.4, 0.5) is 0 Å². The monoisotopic (exact) mass is 971 g/mol. The summed E-state index contributed by atoms with van der Waals surface area (Å²) in [5.41, 5.74) is 28.9. The first kappa shape index (κ1) is 41.5. The first-order valence-corrected chi connectivity index (χ1v) is 27.1. The second kappa shape index (κ2) is 14.9. The smallest absolute Gasteiger partial charge is 0.0725 e. The molecule has 1 aromatic heterocycles. The van der Waals surface area contributed by atoms with E-state index >= 15 is 0 Å². The quantitative estimate of drug-likeness (QED) is 0.156. The van der Waals surface area contributed by atoms with Gasteiger partial charge in [0.25, 0.3) is 0 Å². The summed E-state index contributed by atoms with van der Waals surface area (Å²) in [6.45, 7) is 0. The third-order valence-electron chi connectivity index (χ3n) is 18.4. The molecule has 0 saturated heterocycles. The number of nitrogens with zero attached hydrogens (tertiary/aromatic N) is 1. The molecule has 0 aliphatic heterocycles. The van der Waals surface area contributed by atoms with Gasteiger partial charge < -0.3 is 4.57 Å². The molecule has 0 N–H and O–H groups in total. The largest absolute Gasteiger partial charge is 0.309 e. The van der Waals surface area contributed by atoms with Gasteiger partial charge in [0.05, 0.1) is 21.9 Å². The molecule has 18 rings (SSSR count). The van der Waals surface area contributed by atoms with Gasteiger partial charge in [-0.1, -0.05) is 237 Å². The topological polar surface area (TPSA) is 4.93 Å². The highest BCUT2D eigenvalue weighted by molar-refractivity contribution is 6.22. The summed E-state index contributed by atoms with van der Waals surface area (Å²) in [5.74, 6) is 0. The Morgan fingerprint density at radius 3 is 0.896 bits per heavy atom. The Hall–Kier alpha value is -9.82. The summed E-state index contributed by atoms with van der Waals surface area (Å²) in [7, 11) is 0. The maximum atomic E-state index is 2.58. The fourth-order valence-corrected chi connectivity index (χ4v) is 15.6. The molecule has 0 amide bonds. The molecule has 0 saturated carbocycles. The van der Waals surface area contributed by atoms with Crippen molar-refractivity contribution in [1.82, 2.24) is 4.57 Å². The van der Waals surface area contributed by atoms with Gasteiger partial charge in [0.2, 0.25) is 0 Å². The first-order valence-electron chi connectivity index (χ1n) is 27.1. The fourth-order valence-electron chi connectivity index (χ4n) is 15.6. The van der Waals surface area contributed by atoms with Crippen molar-refractivity contribution < 1.29 is 0 Å². The number of rotatable bonds is 3. The Morgan fingerprint density at radius 2 is 0.506 bits per heavy atom. The molecule has 0 fully saturated rings. The summed E-state index contributed by atoms with van der Waals surface area (Å²) in [6.07, 6.45) is 0. The molecule has 1 heterocycles. The molecule has 1 heteroatoms. The van der Waals surface area contributed by atoms with E-state index in [2.05, 4.69) is 278 Å². The van der Waals surface area contributed by atoms with Gasteiger partial charge in [-0.3, -0.25) is 0 Å². The van der Waals surface area contributed by atoms with Crippen molar-refractivity contribution in [2.24, 2.45) is 0 Å². The van der Waals surface area contributed by atoms with Crippen molar-refractivity contribution in [2.75, 3.05) is 0 Å². The third-order valence-corrected chi connectivity index (χ3v) is 18.4. The predicted octanol–water partition coefficient (Wildman–Crippen LogP) is 19.1. The van der Waals surface area contributed by atoms with Crippen molar-refractivity contribution in [2.45, 2.75) is 10.8 Å². The highest BCUT2D eigenvalue weighted by atomic mass is 15.0. The number of hydrogen-bond donors (Lipinski definition) is 0. The second-order valence-corrected chi connectivity index (χ2v) is 21.7. The Balaban J connectivity index is 0.952. The molecule has 1 nitrogen and oxygen atoms in total. The second-order valence-electron chi connectivity index (χ2n) is 21.7. The van der Waals surface area contributed by atoms with Crippen molar-refractivity contribution in [3.05, 3.63) is 317 Å². The van der Waals surface area contributed by atoms with Crippen LogP contribution in [-0.2, 0) is 10.8 Å². The molecule has 13 aromatic carbocycles. The predicted molar refractivity (Wildman–Crippen MR) is 319 cm³/mol. The molecule has 4 aliphatic rings. The van der Waals surface area contributed by atoms with Crippen LogP contribution in [0.15, 0.2) is 273 Å². The van der Waals surface area contributed by atoms with E-state index in [1.165, 1.54) is 155 Å². The Kier molecular flexibility index (Phi) is 8.06. The van der Waals surface area contributed by atoms with Crippen molar-refractivity contribution in [1.29, 1.82) is 0 Å². The molecule has 77 heavy (non-hydrogen) atoms. The highest BCUT2D eigenvalue weighted by Gasteiger charge is 2.53. The summed E-state index contributed by atoms with van der Waals surface area (Å²) in [6, 6.07) is 104. The van der Waals surface area contributed by atoms with Gasteiger partial charge >= 0.3 is 0 Å². The van der Waals surface area contributed by atoms with E-state index in [-0.39, 0.29) is 0 Å². The average molecular weight is 972 g/mol. The molecule has 4 aliphatic carbocycles. The SMILES string of the molecule is c1ccc2c(c1)-c1ccccc1C21c2ccccc2-c2ccc(-c3c4ccccc4c(-c4ccc5c(c4)C4(c6ccccc6-c6ccccc64)c4ccccc4-5)c4cc(-n5c6ccccc6c6ccccc65)ccc34)cc21. The van der Waals surface area contributed by atoms with Crippen LogP contribution in [-0.4, -0.2) is 4.57 Å². The molecular formula is C76H45N. The lowest BCUT2D eigenvalue weighted by molar-refractivity contribution is 0.794. The molecular weight excluding hydrogens is 927 g/mol. The van der Waals surface area contributed by atoms with Gasteiger partial charge in [-0.2, -0.15) is 0 Å². The lowest BCUT2D eigenvalue weighted by Gasteiger charge is -2.31. The average Bonchev–Trinajstić information content (AvgIpc) is 4.39. The summed E-state index contributed by atoms with van der Waals surface area (Å²) >= 11 is 0. The normalized spacial score (nSPS) is 14.2. The van der Waals surface area contributed by atoms with E-state index in [9.17, 15) is 0 Å². The van der Waals surface area contributed by atoms with Crippen LogP contribution >= 0.6 is 0 Å². The third kappa shape index (κ3) is 5.06. The maximum Gasteiger partial charge on any atom is 0.0725 e. The van der Waals surface area contributed by atoms with E-state index < -0.39 is 10.8 Å². The van der Waals surface area contributed by atoms with Gasteiger partial charge in [0, 0.05) is 16.5 Å². The van der Waals surface area contributed by atoms with Crippen LogP contribution in [0.25, 0.3) is 116 Å². The van der Waals surface area contributed by atoms with Gasteiger partial charge in [0.1, 0.15) is 0 Å². The highest BCUT2D eigenvalue weighted by Crippen LogP contribution is 2.65. The van der Waals surface area contributed by atoms with Gasteiger partial charge in [-0.05, 0) is 169 Å². The minimum atomic E-state index is -0.468. The molecule has 2 spiro atoms. The zero-order valence-electron chi connectivity index (χ0n) is 41.9. The Labute approximate surface area is 446 Å². The van der Waals surface area contributed by atoms with Crippen LogP contribution in [0.3, 0.4) is 0 Å². The van der Waals surface area contributed by atoms with E-state index in [1.807, 2.05) is 0 Å². The summed E-state index contributed by atoms with van der Waals surface area (Å²) < 4.78 is 2.48. The Bertz CT molecular complexity index is 4760. The van der Waals surface area contributed by atoms with Crippen LogP contribution in [0.2, 0.25) is 0 Å². The lowest BCUT2D eigenvalue weighted by Crippen LogP contribution is -2.25.